The maximum atomic E-state index is 8.70. The van der Waals surface area contributed by atoms with Crippen LogP contribution in [0.2, 0.25) is 0 Å². The van der Waals surface area contributed by atoms with E-state index in [1.54, 1.807) is 0 Å². The summed E-state index contributed by atoms with van der Waals surface area (Å²) in [5, 5.41) is 8.70. The molecule has 0 unspecified atom stereocenters. The Kier molecular flexibility index (Phi) is 8.02. The van der Waals surface area contributed by atoms with Crippen LogP contribution in [-0.4, -0.2) is 43.4 Å². The third kappa shape index (κ3) is 7.03. The molecule has 0 saturated heterocycles. The van der Waals surface area contributed by atoms with E-state index in [9.17, 15) is 0 Å². The molecule has 0 aliphatic carbocycles. The molecule has 0 spiro atoms. The van der Waals surface area contributed by atoms with Crippen molar-refractivity contribution in [1.29, 1.82) is 0 Å². The number of para-hydroxylation sites is 2. The molecule has 0 fully saturated rings. The Morgan fingerprint density at radius 3 is 2.58 bits per heavy atom. The monoisotopic (exact) mass is 266 g/mol. The number of nitrogens with zero attached hydrogens (tertiary/aromatic N) is 1. The van der Waals surface area contributed by atoms with Crippen LogP contribution in [0, 0.1) is 0 Å². The number of nitrogens with two attached hydrogens (primary N) is 1. The van der Waals surface area contributed by atoms with Crippen LogP contribution in [0.4, 0.5) is 5.69 Å². The number of hydrogen-bond acceptors (Lipinski definition) is 4. The number of aliphatic hydroxyl groups excluding tert-OH is 1. The molecule has 3 N–H and O–H groups in total. The highest BCUT2D eigenvalue weighted by atomic mass is 16.5. The zero-order valence-corrected chi connectivity index (χ0v) is 11.8. The number of benzene rings is 1. The third-order valence-corrected chi connectivity index (χ3v) is 3.06. The standard InChI is InChI=1S/C15H26N2O2/c1-17(10-5-2-6-12-18)11-7-13-19-15-9-4-3-8-14(15)16/h3-4,8-9,18H,2,5-7,10-13,16H2,1H3. The molecule has 0 radical (unpaired) electrons. The first-order valence-electron chi connectivity index (χ1n) is 7.00. The number of unbranched alkanes of at least 4 members (excludes halogenated alkanes) is 2. The van der Waals surface area contributed by atoms with Crippen LogP contribution in [0.5, 0.6) is 5.75 Å². The van der Waals surface area contributed by atoms with Gasteiger partial charge >= 0.3 is 0 Å². The molecule has 0 aromatic heterocycles. The fourth-order valence-corrected chi connectivity index (χ4v) is 1.91. The van der Waals surface area contributed by atoms with Gasteiger partial charge < -0.3 is 20.5 Å². The molecule has 1 aromatic carbocycles. The van der Waals surface area contributed by atoms with Crippen molar-refractivity contribution in [3.63, 3.8) is 0 Å². The number of ether oxygens (including phenoxy) is 1. The Hall–Kier alpha value is -1.26. The van der Waals surface area contributed by atoms with E-state index in [1.807, 2.05) is 24.3 Å². The van der Waals surface area contributed by atoms with Gasteiger partial charge in [-0.2, -0.15) is 0 Å². The minimum Gasteiger partial charge on any atom is -0.491 e. The van der Waals surface area contributed by atoms with Gasteiger partial charge in [0.05, 0.1) is 12.3 Å². The minimum absolute atomic E-state index is 0.302. The summed E-state index contributed by atoms with van der Waals surface area (Å²) < 4.78 is 5.65. The average Bonchev–Trinajstić information content (AvgIpc) is 2.41. The number of hydrogen-bond donors (Lipinski definition) is 2. The van der Waals surface area contributed by atoms with Crippen molar-refractivity contribution in [3.05, 3.63) is 24.3 Å². The Morgan fingerprint density at radius 2 is 1.84 bits per heavy atom. The van der Waals surface area contributed by atoms with E-state index in [4.69, 9.17) is 15.6 Å². The quantitative estimate of drug-likeness (QED) is 0.503. The lowest BCUT2D eigenvalue weighted by molar-refractivity contribution is 0.253. The molecule has 1 rings (SSSR count). The van der Waals surface area contributed by atoms with Gasteiger partial charge in [-0.1, -0.05) is 12.1 Å². The molecule has 0 aliphatic rings. The van der Waals surface area contributed by atoms with Gasteiger partial charge in [0.15, 0.2) is 0 Å². The lowest BCUT2D eigenvalue weighted by Crippen LogP contribution is -2.22. The molecule has 0 heterocycles. The Morgan fingerprint density at radius 1 is 1.11 bits per heavy atom. The van der Waals surface area contributed by atoms with Crippen molar-refractivity contribution in [2.24, 2.45) is 0 Å². The number of rotatable bonds is 10. The summed E-state index contributed by atoms with van der Waals surface area (Å²) in [6.45, 7) is 3.09. The van der Waals surface area contributed by atoms with Gasteiger partial charge in [0, 0.05) is 13.2 Å². The summed E-state index contributed by atoms with van der Waals surface area (Å²) >= 11 is 0. The van der Waals surface area contributed by atoms with E-state index in [1.165, 1.54) is 0 Å². The van der Waals surface area contributed by atoms with Gasteiger partial charge in [0.1, 0.15) is 5.75 Å². The van der Waals surface area contributed by atoms with Gasteiger partial charge in [-0.3, -0.25) is 0 Å². The lowest BCUT2D eigenvalue weighted by atomic mass is 10.2. The van der Waals surface area contributed by atoms with Crippen LogP contribution in [0.3, 0.4) is 0 Å². The van der Waals surface area contributed by atoms with Crippen molar-refractivity contribution >= 4 is 5.69 Å². The average molecular weight is 266 g/mol. The van der Waals surface area contributed by atoms with Gasteiger partial charge in [-0.25, -0.2) is 0 Å². The highest BCUT2D eigenvalue weighted by Gasteiger charge is 2.00. The van der Waals surface area contributed by atoms with Crippen LogP contribution in [0.25, 0.3) is 0 Å². The van der Waals surface area contributed by atoms with E-state index in [0.29, 0.717) is 18.9 Å². The zero-order chi connectivity index (χ0) is 13.9. The molecular weight excluding hydrogens is 240 g/mol. The van der Waals surface area contributed by atoms with E-state index < -0.39 is 0 Å². The lowest BCUT2D eigenvalue weighted by Gasteiger charge is -2.16. The maximum absolute atomic E-state index is 8.70. The predicted molar refractivity (Wildman–Crippen MR) is 79.4 cm³/mol. The van der Waals surface area contributed by atoms with E-state index in [2.05, 4.69) is 11.9 Å². The van der Waals surface area contributed by atoms with Crippen molar-refractivity contribution in [2.45, 2.75) is 25.7 Å². The zero-order valence-electron chi connectivity index (χ0n) is 11.8. The summed E-state index contributed by atoms with van der Waals surface area (Å²) in [5.41, 5.74) is 6.50. The smallest absolute Gasteiger partial charge is 0.142 e. The van der Waals surface area contributed by atoms with Crippen molar-refractivity contribution in [1.82, 2.24) is 4.90 Å². The molecule has 0 aliphatic heterocycles. The number of anilines is 1. The van der Waals surface area contributed by atoms with E-state index >= 15 is 0 Å². The predicted octanol–water partition coefficient (Wildman–Crippen LogP) is 2.13. The second-order valence-electron chi connectivity index (χ2n) is 4.83. The third-order valence-electron chi connectivity index (χ3n) is 3.06. The van der Waals surface area contributed by atoms with Crippen LogP contribution < -0.4 is 10.5 Å². The van der Waals surface area contributed by atoms with Gasteiger partial charge in [-0.05, 0) is 51.4 Å². The van der Waals surface area contributed by atoms with Crippen LogP contribution in [0.15, 0.2) is 24.3 Å². The normalized spacial score (nSPS) is 10.9. The fourth-order valence-electron chi connectivity index (χ4n) is 1.91. The Labute approximate surface area is 116 Å². The molecule has 19 heavy (non-hydrogen) atoms. The molecule has 0 bridgehead atoms. The largest absolute Gasteiger partial charge is 0.491 e. The molecule has 4 nitrogen and oxygen atoms in total. The van der Waals surface area contributed by atoms with E-state index in [0.717, 1.165) is 44.5 Å². The first-order valence-corrected chi connectivity index (χ1v) is 7.00. The second kappa shape index (κ2) is 9.64. The molecule has 0 amide bonds. The van der Waals surface area contributed by atoms with Crippen molar-refractivity contribution in [3.8, 4) is 5.75 Å². The minimum atomic E-state index is 0.302. The SMILES string of the molecule is CN(CCCCCO)CCCOc1ccccc1N. The highest BCUT2D eigenvalue weighted by Crippen LogP contribution is 2.19. The number of aliphatic hydroxyl groups is 1. The summed E-state index contributed by atoms with van der Waals surface area (Å²) in [6, 6.07) is 7.58. The van der Waals surface area contributed by atoms with Crippen molar-refractivity contribution < 1.29 is 9.84 Å². The van der Waals surface area contributed by atoms with Gasteiger partial charge in [-0.15, -0.1) is 0 Å². The fraction of sp³-hybridized carbons (Fsp3) is 0.600. The summed E-state index contributed by atoms with van der Waals surface area (Å²) in [7, 11) is 2.12. The molecule has 0 saturated carbocycles. The second-order valence-corrected chi connectivity index (χ2v) is 4.83. The summed E-state index contributed by atoms with van der Waals surface area (Å²) in [6.07, 6.45) is 4.14. The van der Waals surface area contributed by atoms with Crippen LogP contribution >= 0.6 is 0 Å². The molecule has 0 atom stereocenters. The van der Waals surface area contributed by atoms with Crippen molar-refractivity contribution in [2.75, 3.05) is 39.1 Å². The Balaban J connectivity index is 2.05. The maximum Gasteiger partial charge on any atom is 0.142 e. The van der Waals surface area contributed by atoms with Crippen LogP contribution in [-0.2, 0) is 0 Å². The van der Waals surface area contributed by atoms with Crippen LogP contribution in [0.1, 0.15) is 25.7 Å². The molecular formula is C15H26N2O2. The Bertz CT molecular complexity index is 345. The summed E-state index contributed by atoms with van der Waals surface area (Å²) in [5.74, 6) is 0.771. The number of nitrogen functional groups attached to an aromatic ring is 1. The first kappa shape index (κ1) is 15.8. The highest BCUT2D eigenvalue weighted by molar-refractivity contribution is 5.51. The first-order chi connectivity index (χ1) is 9.24. The molecule has 108 valence electrons. The summed E-state index contributed by atoms with van der Waals surface area (Å²) in [4.78, 5) is 2.30. The van der Waals surface area contributed by atoms with E-state index in [-0.39, 0.29) is 0 Å². The van der Waals surface area contributed by atoms with Gasteiger partial charge in [0.25, 0.3) is 0 Å². The molecule has 4 heteroatoms. The topological polar surface area (TPSA) is 58.7 Å². The van der Waals surface area contributed by atoms with Gasteiger partial charge in [0.2, 0.25) is 0 Å². The molecule has 1 aromatic rings.